The van der Waals surface area contributed by atoms with Crippen molar-refractivity contribution in [2.24, 2.45) is 12.8 Å². The molecule has 0 aliphatic rings. The number of carboxylic acids is 1. The van der Waals surface area contributed by atoms with Crippen LogP contribution in [0.2, 0.25) is 0 Å². The fourth-order valence-corrected chi connectivity index (χ4v) is 0.763. The van der Waals surface area contributed by atoms with Crippen LogP contribution >= 0.6 is 0 Å². The highest BCUT2D eigenvalue weighted by Gasteiger charge is 1.96. The number of hydrogen-bond acceptors (Lipinski definition) is 4. The first-order valence-electron chi connectivity index (χ1n) is 4.59. The van der Waals surface area contributed by atoms with Crippen molar-refractivity contribution in [1.29, 1.82) is 0 Å². The molecule has 1 atom stereocenters. The van der Waals surface area contributed by atoms with Gasteiger partial charge in [0, 0.05) is 0 Å². The van der Waals surface area contributed by atoms with Crippen LogP contribution < -0.4 is 15.4 Å². The lowest BCUT2D eigenvalue weighted by molar-refractivity contribution is -0.671. The van der Waals surface area contributed by atoms with Crippen molar-refractivity contribution >= 4 is 5.97 Å². The van der Waals surface area contributed by atoms with E-state index in [1.54, 1.807) is 0 Å². The summed E-state index contributed by atoms with van der Waals surface area (Å²) in [5, 5.41) is 17.5. The van der Waals surface area contributed by atoms with E-state index in [2.05, 4.69) is 24.0 Å². The lowest BCUT2D eigenvalue weighted by atomic mass is 10.3. The van der Waals surface area contributed by atoms with E-state index in [1.807, 2.05) is 17.8 Å². The third-order valence-corrected chi connectivity index (χ3v) is 1.69. The Hall–Kier alpha value is -1.40. The van der Waals surface area contributed by atoms with Gasteiger partial charge in [-0.25, -0.2) is 9.13 Å². The molecule has 0 unspecified atom stereocenters. The summed E-state index contributed by atoms with van der Waals surface area (Å²) in [5.74, 6) is -1.43. The van der Waals surface area contributed by atoms with E-state index in [0.29, 0.717) is 0 Å². The summed E-state index contributed by atoms with van der Waals surface area (Å²) in [7, 11) is 2.02. The summed E-state index contributed by atoms with van der Waals surface area (Å²) in [5.41, 5.74) is 4.70. The molecule has 0 amide bonds. The van der Waals surface area contributed by atoms with Crippen molar-refractivity contribution in [3.63, 3.8) is 0 Å². The van der Waals surface area contributed by atoms with Gasteiger partial charge in [0.25, 0.3) is 0 Å². The SMILES string of the molecule is CCn1cc[n+](C)c1.N[C@@H](CO)C(=O)[O-]. The van der Waals surface area contributed by atoms with Crippen molar-refractivity contribution < 1.29 is 19.6 Å². The Balaban J connectivity index is 0.000000265. The van der Waals surface area contributed by atoms with Crippen LogP contribution in [0.5, 0.6) is 0 Å². The molecule has 0 aliphatic heterocycles. The van der Waals surface area contributed by atoms with Gasteiger partial charge in [-0.15, -0.1) is 0 Å². The van der Waals surface area contributed by atoms with E-state index in [0.717, 1.165) is 6.54 Å². The van der Waals surface area contributed by atoms with E-state index in [4.69, 9.17) is 10.8 Å². The number of nitrogens with zero attached hydrogens (tertiary/aromatic N) is 2. The zero-order valence-corrected chi connectivity index (χ0v) is 8.96. The number of aromatic nitrogens is 2. The topological polar surface area (TPSA) is 95.2 Å². The number of aliphatic carboxylic acids is 1. The number of imidazole rings is 1. The van der Waals surface area contributed by atoms with E-state index < -0.39 is 18.6 Å². The van der Waals surface area contributed by atoms with Gasteiger partial charge < -0.3 is 20.7 Å². The average Bonchev–Trinajstić information content (AvgIpc) is 2.63. The van der Waals surface area contributed by atoms with Gasteiger partial charge in [0.2, 0.25) is 6.33 Å². The van der Waals surface area contributed by atoms with Crippen molar-refractivity contribution in [3.8, 4) is 0 Å². The van der Waals surface area contributed by atoms with Gasteiger partial charge in [-0.2, -0.15) is 0 Å². The first-order valence-corrected chi connectivity index (χ1v) is 4.59. The number of aryl methyl sites for hydroxylation is 2. The minimum atomic E-state index is -1.43. The maximum Gasteiger partial charge on any atom is 0.243 e. The molecule has 0 aromatic carbocycles. The van der Waals surface area contributed by atoms with Crippen molar-refractivity contribution in [2.75, 3.05) is 6.61 Å². The second kappa shape index (κ2) is 6.97. The third-order valence-electron chi connectivity index (χ3n) is 1.69. The highest BCUT2D eigenvalue weighted by Crippen LogP contribution is 1.79. The number of nitrogens with two attached hydrogens (primary N) is 1. The van der Waals surface area contributed by atoms with Crippen LogP contribution in [-0.2, 0) is 18.4 Å². The van der Waals surface area contributed by atoms with Gasteiger partial charge in [0.1, 0.15) is 12.4 Å². The van der Waals surface area contributed by atoms with E-state index >= 15 is 0 Å². The molecule has 1 rings (SSSR count). The number of rotatable bonds is 3. The highest BCUT2D eigenvalue weighted by molar-refractivity contribution is 5.70. The smallest absolute Gasteiger partial charge is 0.243 e. The summed E-state index contributed by atoms with van der Waals surface area (Å²) in [6, 6.07) is -1.24. The highest BCUT2D eigenvalue weighted by atomic mass is 16.4. The van der Waals surface area contributed by atoms with Crippen molar-refractivity contribution in [3.05, 3.63) is 18.7 Å². The molecule has 1 heterocycles. The normalized spacial score (nSPS) is 11.5. The van der Waals surface area contributed by atoms with Crippen LogP contribution in [0.15, 0.2) is 18.7 Å². The molecule has 6 nitrogen and oxygen atoms in total. The zero-order chi connectivity index (χ0) is 11.8. The molecule has 0 radical (unpaired) electrons. The Morgan fingerprint density at radius 3 is 2.47 bits per heavy atom. The zero-order valence-electron chi connectivity index (χ0n) is 8.96. The van der Waals surface area contributed by atoms with Gasteiger partial charge in [-0.05, 0) is 6.92 Å². The Bertz CT molecular complexity index is 299. The molecule has 6 heteroatoms. The monoisotopic (exact) mass is 215 g/mol. The molecule has 1 aromatic rings. The fourth-order valence-electron chi connectivity index (χ4n) is 0.763. The van der Waals surface area contributed by atoms with Crippen LogP contribution in [0.3, 0.4) is 0 Å². The molecule has 0 bridgehead atoms. The van der Waals surface area contributed by atoms with Crippen LogP contribution in [0, 0.1) is 0 Å². The minimum Gasteiger partial charge on any atom is -0.548 e. The predicted octanol–water partition coefficient (Wildman–Crippen LogP) is -2.61. The van der Waals surface area contributed by atoms with Gasteiger partial charge in [0.15, 0.2) is 0 Å². The summed E-state index contributed by atoms with van der Waals surface area (Å²) >= 11 is 0. The molecule has 86 valence electrons. The molecule has 0 spiro atoms. The van der Waals surface area contributed by atoms with Crippen LogP contribution in [0.25, 0.3) is 0 Å². The summed E-state index contributed by atoms with van der Waals surface area (Å²) < 4.78 is 4.16. The molecular formula is C9H17N3O3. The lowest BCUT2D eigenvalue weighted by Crippen LogP contribution is -2.44. The largest absolute Gasteiger partial charge is 0.548 e. The fraction of sp³-hybridized carbons (Fsp3) is 0.556. The number of aliphatic hydroxyl groups is 1. The molecule has 3 N–H and O–H groups in total. The number of aliphatic hydroxyl groups excluding tert-OH is 1. The molecule has 15 heavy (non-hydrogen) atoms. The van der Waals surface area contributed by atoms with Gasteiger partial charge in [0.05, 0.1) is 32.2 Å². The second-order valence-corrected chi connectivity index (χ2v) is 3.02. The summed E-state index contributed by atoms with van der Waals surface area (Å²) in [6.45, 7) is 2.61. The number of carbonyl (C=O) groups is 1. The van der Waals surface area contributed by atoms with Gasteiger partial charge in [-0.3, -0.25) is 0 Å². The molecular weight excluding hydrogens is 198 g/mol. The molecule has 0 saturated carbocycles. The summed E-state index contributed by atoms with van der Waals surface area (Å²) in [6.07, 6.45) is 6.14. The Morgan fingerprint density at radius 2 is 2.33 bits per heavy atom. The van der Waals surface area contributed by atoms with Crippen LogP contribution in [0.1, 0.15) is 6.92 Å². The standard InChI is InChI=1S/C6H11N2.C3H7NO3/c1-3-8-5-4-7(2)6-8;4-2(1-5)3(6)7/h4-6H,3H2,1-2H3;2,5H,1,4H2,(H,6,7)/q+1;/p-1/t;2-/m.0/s1. The average molecular weight is 215 g/mol. The second-order valence-electron chi connectivity index (χ2n) is 3.02. The van der Waals surface area contributed by atoms with E-state index in [1.165, 1.54) is 0 Å². The maximum atomic E-state index is 9.53. The number of carbonyl (C=O) groups excluding carboxylic acids is 1. The van der Waals surface area contributed by atoms with E-state index in [-0.39, 0.29) is 0 Å². The molecule has 0 fully saturated rings. The van der Waals surface area contributed by atoms with Crippen LogP contribution in [0.4, 0.5) is 0 Å². The first kappa shape index (κ1) is 13.6. The lowest BCUT2D eigenvalue weighted by Gasteiger charge is -2.06. The molecule has 0 aliphatic carbocycles. The van der Waals surface area contributed by atoms with Gasteiger partial charge >= 0.3 is 0 Å². The number of carboxylic acid groups (broad SMARTS) is 1. The Morgan fingerprint density at radius 1 is 1.73 bits per heavy atom. The molecule has 0 saturated heterocycles. The third kappa shape index (κ3) is 5.82. The predicted molar refractivity (Wildman–Crippen MR) is 51.4 cm³/mol. The van der Waals surface area contributed by atoms with Gasteiger partial charge in [-0.1, -0.05) is 0 Å². The Labute approximate surface area is 88.6 Å². The van der Waals surface area contributed by atoms with Crippen molar-refractivity contribution in [1.82, 2.24) is 4.57 Å². The van der Waals surface area contributed by atoms with E-state index in [9.17, 15) is 9.90 Å². The molecule has 1 aromatic heterocycles. The summed E-state index contributed by atoms with van der Waals surface area (Å²) in [4.78, 5) is 9.53. The quantitative estimate of drug-likeness (QED) is 0.540. The van der Waals surface area contributed by atoms with Crippen LogP contribution in [-0.4, -0.2) is 28.3 Å². The van der Waals surface area contributed by atoms with Crippen molar-refractivity contribution in [2.45, 2.75) is 19.5 Å². The Kier molecular flexibility index (Phi) is 6.32. The minimum absolute atomic E-state index is 0.567. The maximum absolute atomic E-state index is 9.53. The first-order chi connectivity index (χ1) is 7.01. The number of hydrogen-bond donors (Lipinski definition) is 2.